The molecule has 0 aromatic heterocycles. The van der Waals surface area contributed by atoms with Crippen molar-refractivity contribution in [1.29, 1.82) is 5.26 Å². The van der Waals surface area contributed by atoms with Crippen LogP contribution in [0.3, 0.4) is 0 Å². The van der Waals surface area contributed by atoms with Crippen LogP contribution < -0.4 is 5.32 Å². The Kier molecular flexibility index (Phi) is 4.57. The minimum Gasteiger partial charge on any atom is -0.387 e. The van der Waals surface area contributed by atoms with Gasteiger partial charge in [0, 0.05) is 22.8 Å². The zero-order chi connectivity index (χ0) is 14.5. The Bertz CT molecular complexity index is 655. The van der Waals surface area contributed by atoms with Crippen LogP contribution in [0.4, 0.5) is 10.1 Å². The lowest BCUT2D eigenvalue weighted by atomic mass is 10.1. The fourth-order valence-electron chi connectivity index (χ4n) is 1.79. The Balaban J connectivity index is 2.06. The maximum atomic E-state index is 13.2. The van der Waals surface area contributed by atoms with Gasteiger partial charge in [-0.05, 0) is 24.3 Å². The second-order valence-electron chi connectivity index (χ2n) is 4.22. The van der Waals surface area contributed by atoms with Crippen molar-refractivity contribution in [2.45, 2.75) is 6.10 Å². The fraction of sp³-hybridized carbons (Fsp3) is 0.133. The molecule has 5 heteroatoms. The molecule has 0 fully saturated rings. The summed E-state index contributed by atoms with van der Waals surface area (Å²) < 4.78 is 13.2. The molecule has 0 radical (unpaired) electrons. The van der Waals surface area contributed by atoms with E-state index in [0.29, 0.717) is 16.3 Å². The molecule has 102 valence electrons. The van der Waals surface area contributed by atoms with Crippen LogP contribution in [0.15, 0.2) is 42.5 Å². The van der Waals surface area contributed by atoms with Gasteiger partial charge in [-0.2, -0.15) is 5.26 Å². The summed E-state index contributed by atoms with van der Waals surface area (Å²) in [5.74, 6) is -0.565. The van der Waals surface area contributed by atoms with Crippen LogP contribution in [0.2, 0.25) is 5.02 Å². The molecular formula is C15H12ClFN2O. The Hall–Kier alpha value is -2.09. The van der Waals surface area contributed by atoms with E-state index in [4.69, 9.17) is 16.9 Å². The van der Waals surface area contributed by atoms with E-state index in [-0.39, 0.29) is 12.1 Å². The third-order valence-electron chi connectivity index (χ3n) is 2.85. The molecule has 2 aromatic carbocycles. The highest BCUT2D eigenvalue weighted by molar-refractivity contribution is 6.31. The first-order chi connectivity index (χ1) is 9.61. The minimum absolute atomic E-state index is 0.0396. The standard InChI is InChI=1S/C15H12ClFN2O/c16-13-4-2-1-3-12(13)15(20)9-19-11-5-6-14(17)10(7-11)8-18/h1-7,15,19-20H,9H2. The maximum absolute atomic E-state index is 13.2. The average Bonchev–Trinajstić information content (AvgIpc) is 2.46. The lowest BCUT2D eigenvalue weighted by Crippen LogP contribution is -2.12. The van der Waals surface area contributed by atoms with E-state index in [9.17, 15) is 9.50 Å². The van der Waals surface area contributed by atoms with Crippen molar-refractivity contribution in [3.63, 3.8) is 0 Å². The zero-order valence-electron chi connectivity index (χ0n) is 10.5. The lowest BCUT2D eigenvalue weighted by Gasteiger charge is -2.14. The van der Waals surface area contributed by atoms with Gasteiger partial charge in [0.15, 0.2) is 0 Å². The summed E-state index contributed by atoms with van der Waals surface area (Å²) in [6.07, 6.45) is -0.792. The molecule has 0 spiro atoms. The number of benzene rings is 2. The highest BCUT2D eigenvalue weighted by atomic mass is 35.5. The number of halogens is 2. The quantitative estimate of drug-likeness (QED) is 0.906. The van der Waals surface area contributed by atoms with Gasteiger partial charge in [0.05, 0.1) is 11.7 Å². The number of aliphatic hydroxyl groups excluding tert-OH is 1. The average molecular weight is 291 g/mol. The Labute approximate surface area is 121 Å². The maximum Gasteiger partial charge on any atom is 0.141 e. The third-order valence-corrected chi connectivity index (χ3v) is 3.19. The molecule has 0 aliphatic carbocycles. The summed E-state index contributed by atoms with van der Waals surface area (Å²) in [6, 6.07) is 12.9. The summed E-state index contributed by atoms with van der Waals surface area (Å²) in [5.41, 5.74) is 1.14. The Morgan fingerprint density at radius 2 is 2.05 bits per heavy atom. The molecule has 3 nitrogen and oxygen atoms in total. The molecule has 2 aromatic rings. The number of nitrogens with one attached hydrogen (secondary N) is 1. The molecule has 0 aliphatic rings. The summed E-state index contributed by atoms with van der Waals surface area (Å²) in [5, 5.41) is 22.2. The third kappa shape index (κ3) is 3.27. The number of rotatable bonds is 4. The lowest BCUT2D eigenvalue weighted by molar-refractivity contribution is 0.192. The minimum atomic E-state index is -0.792. The van der Waals surface area contributed by atoms with E-state index in [0.717, 1.165) is 0 Å². The highest BCUT2D eigenvalue weighted by Crippen LogP contribution is 2.23. The molecule has 2 N–H and O–H groups in total. The number of nitriles is 1. The number of anilines is 1. The van der Waals surface area contributed by atoms with E-state index in [2.05, 4.69) is 5.32 Å². The van der Waals surface area contributed by atoms with Crippen molar-refractivity contribution >= 4 is 17.3 Å². The number of hydrogen-bond donors (Lipinski definition) is 2. The first-order valence-electron chi connectivity index (χ1n) is 5.98. The van der Waals surface area contributed by atoms with Crippen molar-refractivity contribution < 1.29 is 9.50 Å². The fourth-order valence-corrected chi connectivity index (χ4v) is 2.05. The molecule has 1 unspecified atom stereocenters. The first-order valence-corrected chi connectivity index (χ1v) is 6.35. The molecule has 20 heavy (non-hydrogen) atoms. The molecule has 0 aliphatic heterocycles. The van der Waals surface area contributed by atoms with Crippen LogP contribution >= 0.6 is 11.6 Å². The number of hydrogen-bond acceptors (Lipinski definition) is 3. The monoisotopic (exact) mass is 290 g/mol. The Morgan fingerprint density at radius 3 is 2.75 bits per heavy atom. The van der Waals surface area contributed by atoms with Crippen molar-refractivity contribution in [2.24, 2.45) is 0 Å². The van der Waals surface area contributed by atoms with Crippen molar-refractivity contribution in [3.05, 3.63) is 64.4 Å². The Morgan fingerprint density at radius 1 is 1.30 bits per heavy atom. The van der Waals surface area contributed by atoms with Crippen LogP contribution in [-0.4, -0.2) is 11.7 Å². The second-order valence-corrected chi connectivity index (χ2v) is 4.63. The summed E-state index contributed by atoms with van der Waals surface area (Å²) in [4.78, 5) is 0. The van der Waals surface area contributed by atoms with Gasteiger partial charge in [0.1, 0.15) is 11.9 Å². The molecule has 0 heterocycles. The topological polar surface area (TPSA) is 56.0 Å². The molecular weight excluding hydrogens is 279 g/mol. The van der Waals surface area contributed by atoms with E-state index in [1.165, 1.54) is 18.2 Å². The van der Waals surface area contributed by atoms with Gasteiger partial charge in [-0.1, -0.05) is 29.8 Å². The predicted octanol–water partition coefficient (Wildman–Crippen LogP) is 3.50. The van der Waals surface area contributed by atoms with E-state index in [1.54, 1.807) is 30.3 Å². The normalized spacial score (nSPS) is 11.7. The molecule has 2 rings (SSSR count). The van der Waals surface area contributed by atoms with Crippen LogP contribution in [0.1, 0.15) is 17.2 Å². The predicted molar refractivity (Wildman–Crippen MR) is 76.0 cm³/mol. The SMILES string of the molecule is N#Cc1cc(NCC(O)c2ccccc2Cl)ccc1F. The van der Waals surface area contributed by atoms with Crippen LogP contribution in [0.5, 0.6) is 0 Å². The van der Waals surface area contributed by atoms with Gasteiger partial charge in [-0.15, -0.1) is 0 Å². The van der Waals surface area contributed by atoms with Gasteiger partial charge in [-0.25, -0.2) is 4.39 Å². The second kappa shape index (κ2) is 6.38. The number of nitrogens with zero attached hydrogens (tertiary/aromatic N) is 1. The number of aliphatic hydroxyl groups is 1. The molecule has 0 bridgehead atoms. The van der Waals surface area contributed by atoms with Crippen LogP contribution in [-0.2, 0) is 0 Å². The zero-order valence-corrected chi connectivity index (χ0v) is 11.2. The van der Waals surface area contributed by atoms with Crippen molar-refractivity contribution in [3.8, 4) is 6.07 Å². The van der Waals surface area contributed by atoms with Crippen molar-refractivity contribution in [1.82, 2.24) is 0 Å². The summed E-state index contributed by atoms with van der Waals surface area (Å²) >= 11 is 5.99. The largest absolute Gasteiger partial charge is 0.387 e. The van der Waals surface area contributed by atoms with E-state index in [1.807, 2.05) is 0 Å². The van der Waals surface area contributed by atoms with E-state index < -0.39 is 11.9 Å². The smallest absolute Gasteiger partial charge is 0.141 e. The molecule has 1 atom stereocenters. The van der Waals surface area contributed by atoms with Crippen LogP contribution in [0, 0.1) is 17.1 Å². The molecule has 0 amide bonds. The summed E-state index contributed by atoms with van der Waals surface area (Å²) in [6.45, 7) is 0.209. The van der Waals surface area contributed by atoms with Gasteiger partial charge in [-0.3, -0.25) is 0 Å². The van der Waals surface area contributed by atoms with Gasteiger partial charge in [0.25, 0.3) is 0 Å². The van der Waals surface area contributed by atoms with E-state index >= 15 is 0 Å². The van der Waals surface area contributed by atoms with Crippen LogP contribution in [0.25, 0.3) is 0 Å². The molecule has 0 saturated heterocycles. The first kappa shape index (κ1) is 14.3. The van der Waals surface area contributed by atoms with Crippen molar-refractivity contribution in [2.75, 3.05) is 11.9 Å². The van der Waals surface area contributed by atoms with Gasteiger partial charge in [0.2, 0.25) is 0 Å². The highest BCUT2D eigenvalue weighted by Gasteiger charge is 2.11. The van der Waals surface area contributed by atoms with Gasteiger partial charge >= 0.3 is 0 Å². The molecule has 0 saturated carbocycles. The summed E-state index contributed by atoms with van der Waals surface area (Å²) in [7, 11) is 0. The van der Waals surface area contributed by atoms with Gasteiger partial charge < -0.3 is 10.4 Å².